The Morgan fingerprint density at radius 1 is 0.769 bits per heavy atom. The molecule has 6 heteroatoms. The number of hydrogen-bond donors (Lipinski definition) is 2. The third-order valence-electron chi connectivity index (χ3n) is 1.28. The van der Waals surface area contributed by atoms with Crippen LogP contribution in [0.25, 0.3) is 0 Å². The summed E-state index contributed by atoms with van der Waals surface area (Å²) in [5, 5.41) is 16.4. The molecule has 0 spiro atoms. The first kappa shape index (κ1) is 19.1. The third kappa shape index (κ3) is 19.0. The molecule has 13 heavy (non-hydrogen) atoms. The average molecular weight is 554 g/mol. The molecular formula is C7H12Au2O4. The fourth-order valence-corrected chi connectivity index (χ4v) is 0.729. The van der Waals surface area contributed by atoms with E-state index >= 15 is 0 Å². The van der Waals surface area contributed by atoms with Crippen molar-refractivity contribution in [3.05, 3.63) is 0 Å². The van der Waals surface area contributed by atoms with Gasteiger partial charge in [0.15, 0.2) is 0 Å². The second-order valence-electron chi connectivity index (χ2n) is 2.35. The second-order valence-corrected chi connectivity index (χ2v) is 2.35. The van der Waals surface area contributed by atoms with Gasteiger partial charge in [-0.05, 0) is 12.8 Å². The van der Waals surface area contributed by atoms with Crippen molar-refractivity contribution in [2.75, 3.05) is 0 Å². The minimum absolute atomic E-state index is 0. The van der Waals surface area contributed by atoms with Gasteiger partial charge in [0.05, 0.1) is 0 Å². The zero-order chi connectivity index (χ0) is 8.69. The summed E-state index contributed by atoms with van der Waals surface area (Å²) in [4.78, 5) is 20.0. The van der Waals surface area contributed by atoms with Crippen molar-refractivity contribution in [1.82, 2.24) is 0 Å². The van der Waals surface area contributed by atoms with Gasteiger partial charge >= 0.3 is 11.9 Å². The molecule has 0 aromatic carbocycles. The largest absolute Gasteiger partial charge is 0.481 e. The van der Waals surface area contributed by atoms with E-state index < -0.39 is 11.9 Å². The molecule has 2 radical (unpaired) electrons. The van der Waals surface area contributed by atoms with Crippen LogP contribution < -0.4 is 0 Å². The van der Waals surface area contributed by atoms with Gasteiger partial charge in [-0.2, -0.15) is 0 Å². The monoisotopic (exact) mass is 554 g/mol. The van der Waals surface area contributed by atoms with Gasteiger partial charge in [-0.3, -0.25) is 9.59 Å². The van der Waals surface area contributed by atoms with Crippen molar-refractivity contribution >= 4 is 11.9 Å². The Kier molecular flexibility index (Phi) is 18.2. The number of carbonyl (C=O) groups is 2. The number of rotatable bonds is 6. The van der Waals surface area contributed by atoms with Crippen LogP contribution in [-0.4, -0.2) is 22.2 Å². The van der Waals surface area contributed by atoms with Crippen molar-refractivity contribution in [1.29, 1.82) is 0 Å². The Morgan fingerprint density at radius 3 is 1.31 bits per heavy atom. The van der Waals surface area contributed by atoms with Crippen molar-refractivity contribution in [3.8, 4) is 0 Å². The summed E-state index contributed by atoms with van der Waals surface area (Å²) in [6.45, 7) is 0. The Morgan fingerprint density at radius 2 is 1.08 bits per heavy atom. The van der Waals surface area contributed by atoms with Gasteiger partial charge in [-0.1, -0.05) is 6.42 Å². The molecule has 0 atom stereocenters. The maximum Gasteiger partial charge on any atom is 0.303 e. The molecular weight excluding hydrogens is 542 g/mol. The van der Waals surface area contributed by atoms with Crippen LogP contribution in [-0.2, 0) is 54.3 Å². The van der Waals surface area contributed by atoms with Gasteiger partial charge in [0.1, 0.15) is 0 Å². The van der Waals surface area contributed by atoms with Crippen molar-refractivity contribution in [2.24, 2.45) is 0 Å². The van der Waals surface area contributed by atoms with E-state index in [-0.39, 0.29) is 57.6 Å². The molecule has 0 aliphatic carbocycles. The molecule has 0 aromatic rings. The van der Waals surface area contributed by atoms with Crippen LogP contribution in [0.3, 0.4) is 0 Å². The van der Waals surface area contributed by atoms with Gasteiger partial charge in [0, 0.05) is 57.6 Å². The van der Waals surface area contributed by atoms with Crippen LogP contribution >= 0.6 is 0 Å². The zero-order valence-corrected chi connectivity index (χ0v) is 11.2. The molecule has 0 aromatic heterocycles. The molecule has 0 fully saturated rings. The number of unbranched alkanes of at least 4 members (excludes halogenated alkanes) is 2. The van der Waals surface area contributed by atoms with Crippen LogP contribution in [0.1, 0.15) is 32.1 Å². The van der Waals surface area contributed by atoms with E-state index in [1.54, 1.807) is 0 Å². The normalized spacial score (nSPS) is 8.00. The summed E-state index contributed by atoms with van der Waals surface area (Å²) < 4.78 is 0. The van der Waals surface area contributed by atoms with Crippen molar-refractivity contribution in [3.63, 3.8) is 0 Å². The van der Waals surface area contributed by atoms with E-state index in [1.165, 1.54) is 0 Å². The van der Waals surface area contributed by atoms with Gasteiger partial charge in [-0.15, -0.1) is 0 Å². The number of carboxylic acid groups (broad SMARTS) is 2. The summed E-state index contributed by atoms with van der Waals surface area (Å²) in [5.74, 6) is -1.64. The topological polar surface area (TPSA) is 74.6 Å². The molecule has 0 aliphatic rings. The van der Waals surface area contributed by atoms with Crippen LogP contribution in [0.2, 0.25) is 0 Å². The molecule has 2 N–H and O–H groups in total. The first-order valence-electron chi connectivity index (χ1n) is 3.56. The SMILES string of the molecule is O=C(O)CCCCCC(=O)O.[Au].[Au]. The Labute approximate surface area is 108 Å². The number of carboxylic acids is 2. The predicted octanol–water partition coefficient (Wildman–Crippen LogP) is 1.10. The maximum absolute atomic E-state index is 9.98. The molecule has 0 amide bonds. The van der Waals surface area contributed by atoms with Crippen LogP contribution in [0.5, 0.6) is 0 Å². The maximum atomic E-state index is 9.98. The standard InChI is InChI=1S/C7H12O4.2Au/c8-6(9)4-2-1-3-5-7(10)11;;/h1-5H2,(H,8,9)(H,10,11);;. The van der Waals surface area contributed by atoms with Crippen LogP contribution in [0, 0.1) is 0 Å². The summed E-state index contributed by atoms with van der Waals surface area (Å²) in [6, 6.07) is 0. The molecule has 4 nitrogen and oxygen atoms in total. The summed E-state index contributed by atoms with van der Waals surface area (Å²) >= 11 is 0. The van der Waals surface area contributed by atoms with Gasteiger partial charge in [0.25, 0.3) is 0 Å². The average Bonchev–Trinajstić information content (AvgIpc) is 1.85. The van der Waals surface area contributed by atoms with E-state index in [2.05, 4.69) is 0 Å². The smallest absolute Gasteiger partial charge is 0.303 e. The molecule has 0 rings (SSSR count). The van der Waals surface area contributed by atoms with Crippen molar-refractivity contribution < 1.29 is 64.6 Å². The second kappa shape index (κ2) is 12.4. The fraction of sp³-hybridized carbons (Fsp3) is 0.714. The number of aliphatic carboxylic acids is 2. The molecule has 0 heterocycles. The van der Waals surface area contributed by atoms with Crippen LogP contribution in [0.4, 0.5) is 0 Å². The molecule has 0 unspecified atom stereocenters. The summed E-state index contributed by atoms with van der Waals surface area (Å²) in [5.41, 5.74) is 0. The Hall–Kier alpha value is 0.421. The van der Waals surface area contributed by atoms with E-state index in [1.807, 2.05) is 0 Å². The van der Waals surface area contributed by atoms with E-state index in [0.717, 1.165) is 0 Å². The molecule has 0 saturated heterocycles. The van der Waals surface area contributed by atoms with Gasteiger partial charge in [-0.25, -0.2) is 0 Å². The number of hydrogen-bond acceptors (Lipinski definition) is 2. The zero-order valence-electron chi connectivity index (χ0n) is 6.85. The van der Waals surface area contributed by atoms with Crippen LogP contribution in [0.15, 0.2) is 0 Å². The van der Waals surface area contributed by atoms with Crippen molar-refractivity contribution in [2.45, 2.75) is 32.1 Å². The molecule has 86 valence electrons. The third-order valence-corrected chi connectivity index (χ3v) is 1.28. The van der Waals surface area contributed by atoms with Gasteiger partial charge < -0.3 is 10.2 Å². The summed E-state index contributed by atoms with van der Waals surface area (Å²) in [6.07, 6.45) is 2.10. The molecule has 0 saturated carbocycles. The minimum atomic E-state index is -0.819. The molecule has 0 bridgehead atoms. The molecule has 0 aliphatic heterocycles. The Bertz CT molecular complexity index is 133. The first-order chi connectivity index (χ1) is 5.13. The quantitative estimate of drug-likeness (QED) is 0.382. The fourth-order valence-electron chi connectivity index (χ4n) is 0.729. The van der Waals surface area contributed by atoms with E-state index in [0.29, 0.717) is 19.3 Å². The Balaban J connectivity index is -0.000000500. The summed E-state index contributed by atoms with van der Waals surface area (Å²) in [7, 11) is 0. The van der Waals surface area contributed by atoms with E-state index in [4.69, 9.17) is 10.2 Å². The predicted molar refractivity (Wildman–Crippen MR) is 38.4 cm³/mol. The first-order valence-corrected chi connectivity index (χ1v) is 3.56. The van der Waals surface area contributed by atoms with E-state index in [9.17, 15) is 9.59 Å². The van der Waals surface area contributed by atoms with Gasteiger partial charge in [0.2, 0.25) is 0 Å². The minimum Gasteiger partial charge on any atom is -0.481 e.